The van der Waals surface area contributed by atoms with E-state index in [1.54, 1.807) is 44.0 Å². The molecule has 0 saturated heterocycles. The average Bonchev–Trinajstić information content (AvgIpc) is 2.81. The molecule has 0 N–H and O–H groups in total. The van der Waals surface area contributed by atoms with Gasteiger partial charge in [-0.25, -0.2) is 4.39 Å². The van der Waals surface area contributed by atoms with Crippen LogP contribution in [0.3, 0.4) is 0 Å². The summed E-state index contributed by atoms with van der Waals surface area (Å²) < 4.78 is 21.2. The molecule has 0 bridgehead atoms. The van der Waals surface area contributed by atoms with E-state index in [1.807, 2.05) is 19.9 Å². The molecular weight excluding hydrogens is 409 g/mol. The highest BCUT2D eigenvalue weighted by Gasteiger charge is 2.43. The molecular formula is C25H30FN3O3. The number of carbonyl (C=O) groups is 2. The molecule has 0 amide bonds. The third-order valence-electron chi connectivity index (χ3n) is 5.15. The smallest absolute Gasteiger partial charge is 0.172 e. The molecule has 2 rings (SSSR count). The van der Waals surface area contributed by atoms with Gasteiger partial charge in [0.15, 0.2) is 17.8 Å². The molecule has 1 atom stereocenters. The normalized spacial score (nSPS) is 12.9. The Bertz CT molecular complexity index is 1030. The number of allylic oxidation sites excluding steroid dienone is 1. The average molecular weight is 440 g/mol. The summed E-state index contributed by atoms with van der Waals surface area (Å²) in [4.78, 5) is 29.6. The lowest BCUT2D eigenvalue weighted by Gasteiger charge is -2.42. The molecule has 1 heterocycles. The number of likely N-dealkylation sites (N-methyl/N-ethyl adjacent to an activating group) is 1. The Morgan fingerprint density at radius 3 is 2.41 bits per heavy atom. The van der Waals surface area contributed by atoms with Crippen LogP contribution in [0.2, 0.25) is 0 Å². The molecule has 170 valence electrons. The molecule has 0 saturated carbocycles. The topological polar surface area (TPSA) is 83.3 Å². The molecule has 6 nitrogen and oxygen atoms in total. The Labute approximate surface area is 189 Å². The highest BCUT2D eigenvalue weighted by molar-refractivity contribution is 5.96. The van der Waals surface area contributed by atoms with Crippen LogP contribution in [-0.4, -0.2) is 36.1 Å². The lowest BCUT2D eigenvalue weighted by atomic mass is 9.87. The van der Waals surface area contributed by atoms with Crippen LogP contribution in [0.5, 0.6) is 0 Å². The van der Waals surface area contributed by atoms with Gasteiger partial charge in [0.05, 0.1) is 11.3 Å². The van der Waals surface area contributed by atoms with Crippen LogP contribution in [0, 0.1) is 17.1 Å². The van der Waals surface area contributed by atoms with Crippen molar-refractivity contribution in [2.75, 3.05) is 14.2 Å². The molecule has 32 heavy (non-hydrogen) atoms. The summed E-state index contributed by atoms with van der Waals surface area (Å²) in [6.45, 7) is 9.13. The number of ether oxygens (including phenoxy) is 1. The number of hydrogen-bond acceptors (Lipinski definition) is 6. The van der Waals surface area contributed by atoms with Crippen molar-refractivity contribution in [2.24, 2.45) is 0 Å². The number of methoxy groups -OCH3 is 1. The summed E-state index contributed by atoms with van der Waals surface area (Å²) in [6, 6.07) is 7.86. The predicted octanol–water partition coefficient (Wildman–Crippen LogP) is 5.03. The fourth-order valence-electron chi connectivity index (χ4n) is 3.52. The van der Waals surface area contributed by atoms with Crippen LogP contribution in [0.15, 0.2) is 42.1 Å². The zero-order valence-corrected chi connectivity index (χ0v) is 19.7. The number of nitriles is 1. The highest BCUT2D eigenvalue weighted by atomic mass is 19.1. The lowest BCUT2D eigenvalue weighted by Crippen LogP contribution is -2.47. The molecule has 0 spiro atoms. The quantitative estimate of drug-likeness (QED) is 0.248. The van der Waals surface area contributed by atoms with Gasteiger partial charge in [-0.3, -0.25) is 19.5 Å². The van der Waals surface area contributed by atoms with E-state index in [2.05, 4.69) is 4.98 Å². The largest absolute Gasteiger partial charge is 0.355 e. The maximum atomic E-state index is 15.3. The van der Waals surface area contributed by atoms with Crippen LogP contribution in [0.25, 0.3) is 0 Å². The molecule has 1 aromatic carbocycles. The molecule has 0 aliphatic heterocycles. The van der Waals surface area contributed by atoms with Crippen molar-refractivity contribution in [1.29, 1.82) is 5.26 Å². The van der Waals surface area contributed by atoms with Gasteiger partial charge < -0.3 is 4.74 Å². The lowest BCUT2D eigenvalue weighted by molar-refractivity contribution is -0.110. The monoisotopic (exact) mass is 439 g/mol. The van der Waals surface area contributed by atoms with E-state index in [0.717, 1.165) is 6.07 Å². The summed E-state index contributed by atoms with van der Waals surface area (Å²) in [5.74, 6) is -1.06. The van der Waals surface area contributed by atoms with Crippen molar-refractivity contribution in [3.05, 3.63) is 75.9 Å². The zero-order chi connectivity index (χ0) is 24.5. The van der Waals surface area contributed by atoms with Gasteiger partial charge in [-0.05, 0) is 57.7 Å². The van der Waals surface area contributed by atoms with E-state index in [-0.39, 0.29) is 29.0 Å². The number of Topliss-reactive ketones (excluding diaryl/α,β-unsaturated/α-hetero) is 1. The van der Waals surface area contributed by atoms with Crippen LogP contribution >= 0.6 is 0 Å². The number of carbonyl (C=O) groups excluding carboxylic acids is 2. The predicted molar refractivity (Wildman–Crippen MR) is 122 cm³/mol. The molecule has 0 radical (unpaired) electrons. The van der Waals surface area contributed by atoms with Crippen molar-refractivity contribution in [3.8, 4) is 6.07 Å². The van der Waals surface area contributed by atoms with Crippen LogP contribution < -0.4 is 0 Å². The number of rotatable bonds is 8. The molecule has 2 aromatic rings. The van der Waals surface area contributed by atoms with Crippen LogP contribution in [0.1, 0.15) is 72.2 Å². The summed E-state index contributed by atoms with van der Waals surface area (Å²) in [7, 11) is 3.16. The Morgan fingerprint density at radius 1 is 1.31 bits per heavy atom. The van der Waals surface area contributed by atoms with Crippen LogP contribution in [0.4, 0.5) is 4.39 Å². The first-order chi connectivity index (χ1) is 15.2. The van der Waals surface area contributed by atoms with Gasteiger partial charge in [0.25, 0.3) is 0 Å². The van der Waals surface area contributed by atoms with Gasteiger partial charge >= 0.3 is 0 Å². The van der Waals surface area contributed by atoms with E-state index < -0.39 is 11.5 Å². The van der Waals surface area contributed by atoms with E-state index in [4.69, 9.17) is 10.00 Å². The van der Waals surface area contributed by atoms with Gasteiger partial charge in [-0.15, -0.1) is 0 Å². The number of aromatic nitrogens is 1. The number of ketones is 1. The van der Waals surface area contributed by atoms with Gasteiger partial charge in [0, 0.05) is 36.5 Å². The number of halogens is 1. The summed E-state index contributed by atoms with van der Waals surface area (Å²) >= 11 is 0. The second kappa shape index (κ2) is 12.0. The number of pyridine rings is 1. The standard InChI is InChI=1S/C23H24FN3O3.C2H6/c1-6-15(2)23(30-5,27(4)13-20-8-7-17(11-25)12-26-20)22-19(14-28)9-18(16(3)29)10-21(22)24;1-2/h6-10,12,14H,13H2,1-5H3;1-2H3/b15-6+;. The summed E-state index contributed by atoms with van der Waals surface area (Å²) in [5.41, 5.74) is 0.463. The summed E-state index contributed by atoms with van der Waals surface area (Å²) in [6.07, 6.45) is 3.76. The summed E-state index contributed by atoms with van der Waals surface area (Å²) in [5, 5.41) is 8.95. The van der Waals surface area contributed by atoms with Crippen molar-refractivity contribution >= 4 is 12.1 Å². The SMILES string of the molecule is C/C=C(\C)C(OC)(c1c(F)cc(C(C)=O)cc1C=O)N(C)Cc1ccc(C#N)cn1.CC. The molecule has 0 fully saturated rings. The molecule has 1 aromatic heterocycles. The molecule has 7 heteroatoms. The Hall–Kier alpha value is -3.21. The first-order valence-corrected chi connectivity index (χ1v) is 10.3. The second-order valence-corrected chi connectivity index (χ2v) is 6.92. The number of aldehydes is 1. The van der Waals surface area contributed by atoms with Crippen molar-refractivity contribution in [2.45, 2.75) is 46.9 Å². The minimum atomic E-state index is -1.42. The first kappa shape index (κ1) is 26.8. The van der Waals surface area contributed by atoms with Crippen molar-refractivity contribution in [1.82, 2.24) is 9.88 Å². The minimum Gasteiger partial charge on any atom is -0.355 e. The number of nitrogens with zero attached hydrogens (tertiary/aromatic N) is 3. The first-order valence-electron chi connectivity index (χ1n) is 10.3. The Balaban J connectivity index is 0.00000249. The Morgan fingerprint density at radius 2 is 1.97 bits per heavy atom. The zero-order valence-electron chi connectivity index (χ0n) is 19.7. The van der Waals surface area contributed by atoms with Gasteiger partial charge in [0.1, 0.15) is 11.9 Å². The van der Waals surface area contributed by atoms with Gasteiger partial charge in [-0.2, -0.15) is 5.26 Å². The van der Waals surface area contributed by atoms with Gasteiger partial charge in [-0.1, -0.05) is 19.9 Å². The van der Waals surface area contributed by atoms with E-state index >= 15 is 4.39 Å². The van der Waals surface area contributed by atoms with E-state index in [1.165, 1.54) is 26.3 Å². The highest BCUT2D eigenvalue weighted by Crippen LogP contribution is 2.40. The maximum Gasteiger partial charge on any atom is 0.172 e. The number of benzene rings is 1. The number of hydrogen-bond donors (Lipinski definition) is 0. The van der Waals surface area contributed by atoms with Crippen molar-refractivity contribution < 1.29 is 18.7 Å². The van der Waals surface area contributed by atoms with E-state index in [0.29, 0.717) is 23.1 Å². The minimum absolute atomic E-state index is 0.0248. The Kier molecular flexibility index (Phi) is 10.0. The third kappa shape index (κ3) is 5.34. The molecule has 1 unspecified atom stereocenters. The second-order valence-electron chi connectivity index (χ2n) is 6.92. The third-order valence-corrected chi connectivity index (χ3v) is 5.15. The van der Waals surface area contributed by atoms with Gasteiger partial charge in [0.2, 0.25) is 0 Å². The maximum absolute atomic E-state index is 15.3. The van der Waals surface area contributed by atoms with Crippen molar-refractivity contribution in [3.63, 3.8) is 0 Å². The van der Waals surface area contributed by atoms with Crippen LogP contribution in [-0.2, 0) is 17.0 Å². The molecule has 0 aliphatic rings. The van der Waals surface area contributed by atoms with E-state index in [9.17, 15) is 9.59 Å². The molecule has 0 aliphatic carbocycles. The fourth-order valence-corrected chi connectivity index (χ4v) is 3.52. The fraction of sp³-hybridized carbons (Fsp3) is 0.360.